The van der Waals surface area contributed by atoms with Crippen LogP contribution in [0.3, 0.4) is 0 Å². The van der Waals surface area contributed by atoms with Gasteiger partial charge in [0.25, 0.3) is 0 Å². The largest absolute Gasteiger partial charge is 0.391 e. The van der Waals surface area contributed by atoms with Crippen molar-refractivity contribution in [2.45, 2.75) is 39.3 Å². The second-order valence-corrected chi connectivity index (χ2v) is 6.10. The molecule has 1 N–H and O–H groups in total. The van der Waals surface area contributed by atoms with Crippen molar-refractivity contribution < 1.29 is 5.11 Å². The average Bonchev–Trinajstić information content (AvgIpc) is 2.62. The molecular weight excluding hydrogens is 246 g/mol. The summed E-state index contributed by atoms with van der Waals surface area (Å²) in [6, 6.07) is 0.537. The van der Waals surface area contributed by atoms with E-state index in [1.54, 1.807) is 11.3 Å². The van der Waals surface area contributed by atoms with Crippen LogP contribution < -0.4 is 4.90 Å². The molecule has 18 heavy (non-hydrogen) atoms. The van der Waals surface area contributed by atoms with E-state index in [0.717, 1.165) is 41.8 Å². The average molecular weight is 269 g/mol. The minimum Gasteiger partial charge on any atom is -0.391 e. The van der Waals surface area contributed by atoms with Crippen LogP contribution in [0.5, 0.6) is 0 Å². The van der Waals surface area contributed by atoms with E-state index in [1.165, 1.54) is 6.42 Å². The van der Waals surface area contributed by atoms with E-state index in [-0.39, 0.29) is 6.61 Å². The van der Waals surface area contributed by atoms with Crippen molar-refractivity contribution in [3.8, 4) is 0 Å². The van der Waals surface area contributed by atoms with Gasteiger partial charge in [-0.25, -0.2) is 4.98 Å². The summed E-state index contributed by atoms with van der Waals surface area (Å²) in [5.41, 5.74) is 0.977. The third-order valence-electron chi connectivity index (χ3n) is 3.64. The fraction of sp³-hybridized carbons (Fsp3) is 0.769. The first-order chi connectivity index (χ1) is 8.65. The molecule has 1 aromatic heterocycles. The number of nitrogens with zero attached hydrogens (tertiary/aromatic N) is 3. The van der Waals surface area contributed by atoms with Gasteiger partial charge >= 0.3 is 0 Å². The lowest BCUT2D eigenvalue weighted by atomic mass is 10.2. The van der Waals surface area contributed by atoms with Crippen LogP contribution in [0.25, 0.3) is 0 Å². The van der Waals surface area contributed by atoms with Gasteiger partial charge in [-0.15, -0.1) is 0 Å². The van der Waals surface area contributed by atoms with Crippen LogP contribution in [0.4, 0.5) is 5.13 Å². The molecule has 0 saturated carbocycles. The molecule has 0 aliphatic carbocycles. The molecule has 1 aliphatic rings. The van der Waals surface area contributed by atoms with Crippen molar-refractivity contribution in [2.24, 2.45) is 0 Å². The minimum atomic E-state index is 0.105. The summed E-state index contributed by atoms with van der Waals surface area (Å²) in [5, 5.41) is 10.4. The van der Waals surface area contributed by atoms with Crippen LogP contribution in [-0.4, -0.2) is 47.7 Å². The summed E-state index contributed by atoms with van der Waals surface area (Å²) in [6.45, 7) is 7.66. The maximum Gasteiger partial charge on any atom is 0.186 e. The predicted molar refractivity (Wildman–Crippen MR) is 76.3 cm³/mol. The van der Waals surface area contributed by atoms with Gasteiger partial charge in [-0.05, 0) is 33.4 Å². The summed E-state index contributed by atoms with van der Waals surface area (Å²) in [6.07, 6.45) is 2.32. The minimum absolute atomic E-state index is 0.105. The molecule has 0 radical (unpaired) electrons. The highest BCUT2D eigenvalue weighted by Crippen LogP contribution is 2.29. The molecule has 1 unspecified atom stereocenters. The van der Waals surface area contributed by atoms with Gasteiger partial charge in [0.1, 0.15) is 0 Å². The van der Waals surface area contributed by atoms with Gasteiger partial charge < -0.3 is 14.9 Å². The molecule has 1 atom stereocenters. The summed E-state index contributed by atoms with van der Waals surface area (Å²) < 4.78 is 0. The SMILES string of the molecule is CCC1CN(C)CCCN1c1nc(C)c(CO)s1. The molecule has 0 spiro atoms. The molecule has 2 heterocycles. The van der Waals surface area contributed by atoms with Gasteiger partial charge in [-0.2, -0.15) is 0 Å². The molecule has 4 nitrogen and oxygen atoms in total. The van der Waals surface area contributed by atoms with Gasteiger partial charge in [0.05, 0.1) is 17.2 Å². The third-order valence-corrected chi connectivity index (χ3v) is 4.82. The zero-order valence-electron chi connectivity index (χ0n) is 11.5. The number of aliphatic hydroxyl groups excluding tert-OH is 1. The maximum absolute atomic E-state index is 9.29. The topological polar surface area (TPSA) is 39.6 Å². The summed E-state index contributed by atoms with van der Waals surface area (Å²) in [7, 11) is 2.19. The van der Waals surface area contributed by atoms with Crippen molar-refractivity contribution in [3.05, 3.63) is 10.6 Å². The highest BCUT2D eigenvalue weighted by molar-refractivity contribution is 7.15. The predicted octanol–water partition coefficient (Wildman–Crippen LogP) is 1.86. The van der Waals surface area contributed by atoms with Gasteiger partial charge in [-0.1, -0.05) is 18.3 Å². The second kappa shape index (κ2) is 5.99. The number of likely N-dealkylation sites (N-methyl/N-ethyl adjacent to an activating group) is 1. The Morgan fingerprint density at radius 1 is 1.44 bits per heavy atom. The van der Waals surface area contributed by atoms with Gasteiger partial charge in [0.2, 0.25) is 0 Å². The number of rotatable bonds is 3. The van der Waals surface area contributed by atoms with Crippen molar-refractivity contribution in [1.82, 2.24) is 9.88 Å². The van der Waals surface area contributed by atoms with Crippen LogP contribution >= 0.6 is 11.3 Å². The highest BCUT2D eigenvalue weighted by atomic mass is 32.1. The van der Waals surface area contributed by atoms with Crippen molar-refractivity contribution in [3.63, 3.8) is 0 Å². The number of aryl methyl sites for hydroxylation is 1. The molecule has 1 aliphatic heterocycles. The van der Waals surface area contributed by atoms with Crippen molar-refractivity contribution >= 4 is 16.5 Å². The molecule has 0 amide bonds. The van der Waals surface area contributed by atoms with Crippen LogP contribution in [0.15, 0.2) is 0 Å². The molecule has 1 saturated heterocycles. The Labute approximate surface area is 113 Å². The van der Waals surface area contributed by atoms with Gasteiger partial charge in [0, 0.05) is 19.1 Å². The first kappa shape index (κ1) is 13.8. The van der Waals surface area contributed by atoms with E-state index in [2.05, 4.69) is 28.8 Å². The zero-order valence-corrected chi connectivity index (χ0v) is 12.3. The first-order valence-electron chi connectivity index (χ1n) is 6.68. The quantitative estimate of drug-likeness (QED) is 0.909. The van der Waals surface area contributed by atoms with Gasteiger partial charge in [0.15, 0.2) is 5.13 Å². The summed E-state index contributed by atoms with van der Waals surface area (Å²) in [5.74, 6) is 0. The normalized spacial score (nSPS) is 22.2. The molecule has 1 aromatic rings. The summed E-state index contributed by atoms with van der Waals surface area (Å²) >= 11 is 1.64. The number of aliphatic hydroxyl groups is 1. The standard InChI is InChI=1S/C13H23N3OS/c1-4-11-8-15(3)6-5-7-16(11)13-14-10(2)12(9-17)18-13/h11,17H,4-9H2,1-3H3. The Balaban J connectivity index is 2.22. The molecule has 102 valence electrons. The van der Waals surface area contributed by atoms with Crippen molar-refractivity contribution in [2.75, 3.05) is 31.6 Å². The summed E-state index contributed by atoms with van der Waals surface area (Å²) in [4.78, 5) is 10.5. The second-order valence-electron chi connectivity index (χ2n) is 5.03. The number of aromatic nitrogens is 1. The molecule has 1 fully saturated rings. The van der Waals surface area contributed by atoms with Crippen LogP contribution in [0, 0.1) is 6.92 Å². The smallest absolute Gasteiger partial charge is 0.186 e. The number of hydrogen-bond donors (Lipinski definition) is 1. The fourth-order valence-corrected chi connectivity index (χ4v) is 3.55. The number of hydrogen-bond acceptors (Lipinski definition) is 5. The van der Waals surface area contributed by atoms with Crippen LogP contribution in [-0.2, 0) is 6.61 Å². The van der Waals surface area contributed by atoms with E-state index in [1.807, 2.05) is 6.92 Å². The number of thiazole rings is 1. The van der Waals surface area contributed by atoms with Crippen molar-refractivity contribution in [1.29, 1.82) is 0 Å². The van der Waals surface area contributed by atoms with E-state index in [0.29, 0.717) is 6.04 Å². The Bertz CT molecular complexity index is 394. The monoisotopic (exact) mass is 269 g/mol. The molecular formula is C13H23N3OS. The maximum atomic E-state index is 9.29. The first-order valence-corrected chi connectivity index (χ1v) is 7.49. The Hall–Kier alpha value is -0.650. The van der Waals surface area contributed by atoms with E-state index >= 15 is 0 Å². The Morgan fingerprint density at radius 3 is 2.83 bits per heavy atom. The third kappa shape index (κ3) is 2.84. The Morgan fingerprint density at radius 2 is 2.22 bits per heavy atom. The lowest BCUT2D eigenvalue weighted by Crippen LogP contribution is -2.39. The zero-order chi connectivity index (χ0) is 13.1. The fourth-order valence-electron chi connectivity index (χ4n) is 2.53. The van der Waals surface area contributed by atoms with Gasteiger partial charge in [-0.3, -0.25) is 0 Å². The molecule has 0 bridgehead atoms. The Kier molecular flexibility index (Phi) is 4.59. The van der Waals surface area contributed by atoms with Crippen LogP contribution in [0.2, 0.25) is 0 Å². The van der Waals surface area contributed by atoms with E-state index in [4.69, 9.17) is 0 Å². The van der Waals surface area contributed by atoms with E-state index in [9.17, 15) is 5.11 Å². The molecule has 2 rings (SSSR count). The lowest BCUT2D eigenvalue weighted by Gasteiger charge is -2.29. The van der Waals surface area contributed by atoms with Crippen LogP contribution in [0.1, 0.15) is 30.3 Å². The number of anilines is 1. The molecule has 5 heteroatoms. The molecule has 0 aromatic carbocycles. The highest BCUT2D eigenvalue weighted by Gasteiger charge is 2.24. The van der Waals surface area contributed by atoms with E-state index < -0.39 is 0 Å². The lowest BCUT2D eigenvalue weighted by molar-refractivity contribution is 0.284.